The number of hydrogen-bond acceptors (Lipinski definition) is 4. The molecule has 1 aromatic heterocycles. The highest BCUT2D eigenvalue weighted by Crippen LogP contribution is 2.33. The van der Waals surface area contributed by atoms with E-state index >= 15 is 0 Å². The minimum atomic E-state index is -0.0992. The van der Waals surface area contributed by atoms with Gasteiger partial charge in [0, 0.05) is 6.07 Å². The normalized spacial score (nSPS) is 19.6. The molecule has 0 N–H and O–H groups in total. The van der Waals surface area contributed by atoms with Gasteiger partial charge in [-0.2, -0.15) is 0 Å². The van der Waals surface area contributed by atoms with E-state index in [0.29, 0.717) is 18.2 Å². The first-order chi connectivity index (χ1) is 13.2. The lowest BCUT2D eigenvalue weighted by molar-refractivity contribution is -0.140. The van der Waals surface area contributed by atoms with E-state index in [1.54, 1.807) is 18.3 Å². The Morgan fingerprint density at radius 2 is 1.74 bits per heavy atom. The fourth-order valence-corrected chi connectivity index (χ4v) is 3.79. The van der Waals surface area contributed by atoms with Crippen molar-refractivity contribution in [3.63, 3.8) is 0 Å². The van der Waals surface area contributed by atoms with Crippen molar-refractivity contribution in [1.82, 2.24) is 4.98 Å². The number of aromatic nitrogens is 1. The lowest BCUT2D eigenvalue weighted by Crippen LogP contribution is -2.25. The second kappa shape index (κ2) is 12.7. The van der Waals surface area contributed by atoms with Gasteiger partial charge < -0.3 is 9.47 Å². The monoisotopic (exact) mass is 375 g/mol. The van der Waals surface area contributed by atoms with Gasteiger partial charge in [0.05, 0.1) is 18.7 Å². The molecule has 0 bridgehead atoms. The summed E-state index contributed by atoms with van der Waals surface area (Å²) in [6.45, 7) is 5.10. The summed E-state index contributed by atoms with van der Waals surface area (Å²) in [5, 5.41) is 0. The van der Waals surface area contributed by atoms with Crippen molar-refractivity contribution in [2.75, 3.05) is 6.61 Å². The molecule has 4 heteroatoms. The van der Waals surface area contributed by atoms with Crippen LogP contribution in [0.25, 0.3) is 0 Å². The quantitative estimate of drug-likeness (QED) is 0.316. The molecule has 0 spiro atoms. The molecule has 4 nitrogen and oxygen atoms in total. The van der Waals surface area contributed by atoms with Crippen LogP contribution in [0.15, 0.2) is 18.3 Å². The van der Waals surface area contributed by atoms with Crippen LogP contribution >= 0.6 is 0 Å². The highest BCUT2D eigenvalue weighted by molar-refractivity contribution is 5.75. The highest BCUT2D eigenvalue weighted by Gasteiger charge is 2.27. The van der Waals surface area contributed by atoms with E-state index in [0.717, 1.165) is 44.4 Å². The minimum Gasteiger partial charge on any atom is -0.478 e. The Morgan fingerprint density at radius 1 is 1.00 bits per heavy atom. The number of pyridine rings is 1. The number of carbonyl (C=O) groups is 1. The lowest BCUT2D eigenvalue weighted by atomic mass is 9.80. The van der Waals surface area contributed by atoms with Gasteiger partial charge in [-0.3, -0.25) is 4.79 Å². The number of unbranched alkanes of at least 4 members (excludes halogenated alkanes) is 5. The van der Waals surface area contributed by atoms with Crippen LogP contribution in [0, 0.1) is 11.8 Å². The summed E-state index contributed by atoms with van der Waals surface area (Å²) in [7, 11) is 0. The molecule has 0 radical (unpaired) electrons. The average molecular weight is 376 g/mol. The summed E-state index contributed by atoms with van der Waals surface area (Å²) < 4.78 is 11.1. The fraction of sp³-hybridized carbons (Fsp3) is 0.739. The number of nitrogens with zero attached hydrogens (tertiary/aromatic N) is 1. The zero-order chi connectivity index (χ0) is 19.3. The number of hydrogen-bond donors (Lipinski definition) is 0. The second-order valence-electron chi connectivity index (χ2n) is 7.88. The second-order valence-corrected chi connectivity index (χ2v) is 7.88. The Kier molecular flexibility index (Phi) is 10.3. The number of carbonyl (C=O) groups excluding carboxylic acids is 1. The van der Waals surface area contributed by atoms with Crippen LogP contribution in [0.5, 0.6) is 11.6 Å². The van der Waals surface area contributed by atoms with Crippen molar-refractivity contribution in [1.29, 1.82) is 0 Å². The van der Waals surface area contributed by atoms with E-state index in [9.17, 15) is 4.79 Å². The third-order valence-corrected chi connectivity index (χ3v) is 5.57. The van der Waals surface area contributed by atoms with Crippen molar-refractivity contribution in [2.24, 2.45) is 11.8 Å². The molecule has 1 fully saturated rings. The van der Waals surface area contributed by atoms with E-state index < -0.39 is 0 Å². The average Bonchev–Trinajstić information content (AvgIpc) is 2.70. The Bertz CT molecular complexity index is 521. The predicted octanol–water partition coefficient (Wildman–Crippen LogP) is 6.33. The lowest BCUT2D eigenvalue weighted by Gasteiger charge is -2.27. The molecule has 0 saturated heterocycles. The molecule has 0 amide bonds. The van der Waals surface area contributed by atoms with Crippen LogP contribution in [0.3, 0.4) is 0 Å². The molecule has 1 saturated carbocycles. The Balaban J connectivity index is 1.66. The van der Waals surface area contributed by atoms with Crippen LogP contribution < -0.4 is 9.47 Å². The molecule has 27 heavy (non-hydrogen) atoms. The smallest absolute Gasteiger partial charge is 0.314 e. The molecule has 152 valence electrons. The molecular formula is C23H37NO3. The maximum Gasteiger partial charge on any atom is 0.314 e. The molecule has 0 aromatic carbocycles. The first-order valence-electron chi connectivity index (χ1n) is 11.0. The first kappa shape index (κ1) is 21.7. The zero-order valence-corrected chi connectivity index (χ0v) is 17.3. The zero-order valence-electron chi connectivity index (χ0n) is 17.3. The van der Waals surface area contributed by atoms with Gasteiger partial charge in [0.1, 0.15) is 5.75 Å². The SMILES string of the molecule is CCCCCCC1CCC(C(=O)Oc2ccc(OCCCCC)nc2)CC1. The molecule has 1 aliphatic carbocycles. The summed E-state index contributed by atoms with van der Waals surface area (Å²) in [4.78, 5) is 16.7. The molecule has 0 unspecified atom stereocenters. The van der Waals surface area contributed by atoms with Gasteiger partial charge in [-0.1, -0.05) is 58.8 Å². The van der Waals surface area contributed by atoms with Gasteiger partial charge in [-0.05, 0) is 44.1 Å². The highest BCUT2D eigenvalue weighted by atomic mass is 16.5. The Morgan fingerprint density at radius 3 is 2.41 bits per heavy atom. The molecule has 1 aliphatic rings. The topological polar surface area (TPSA) is 48.4 Å². The number of esters is 1. The Hall–Kier alpha value is -1.58. The van der Waals surface area contributed by atoms with Crippen molar-refractivity contribution < 1.29 is 14.3 Å². The summed E-state index contributed by atoms with van der Waals surface area (Å²) in [5.74, 6) is 1.86. The van der Waals surface area contributed by atoms with E-state index in [1.165, 1.54) is 38.5 Å². The molecule has 1 aromatic rings. The van der Waals surface area contributed by atoms with Gasteiger partial charge in [0.2, 0.25) is 5.88 Å². The molecular weight excluding hydrogens is 338 g/mol. The van der Waals surface area contributed by atoms with Crippen LogP contribution in [0.4, 0.5) is 0 Å². The van der Waals surface area contributed by atoms with Crippen LogP contribution in [-0.2, 0) is 4.79 Å². The van der Waals surface area contributed by atoms with Crippen LogP contribution in [0.1, 0.15) is 90.9 Å². The minimum absolute atomic E-state index is 0.0434. The number of rotatable bonds is 12. The fourth-order valence-electron chi connectivity index (χ4n) is 3.79. The Labute approximate surface area is 165 Å². The van der Waals surface area contributed by atoms with E-state index in [2.05, 4.69) is 18.8 Å². The maximum absolute atomic E-state index is 12.4. The standard InChI is InChI=1S/C23H37NO3/c1-3-5-7-8-10-19-11-13-20(14-12-19)23(25)27-21-15-16-22(24-18-21)26-17-9-6-4-2/h15-16,18-20H,3-14,17H2,1-2H3. The molecule has 1 heterocycles. The molecule has 2 rings (SSSR count). The number of ether oxygens (including phenoxy) is 2. The van der Waals surface area contributed by atoms with E-state index in [1.807, 2.05) is 0 Å². The largest absolute Gasteiger partial charge is 0.478 e. The summed E-state index contributed by atoms with van der Waals surface area (Å²) in [6.07, 6.45) is 15.9. The summed E-state index contributed by atoms with van der Waals surface area (Å²) >= 11 is 0. The van der Waals surface area contributed by atoms with E-state index in [-0.39, 0.29) is 11.9 Å². The summed E-state index contributed by atoms with van der Waals surface area (Å²) in [5.41, 5.74) is 0. The van der Waals surface area contributed by atoms with Crippen molar-refractivity contribution in [3.05, 3.63) is 18.3 Å². The van der Waals surface area contributed by atoms with Gasteiger partial charge in [0.25, 0.3) is 0 Å². The van der Waals surface area contributed by atoms with Gasteiger partial charge in [-0.25, -0.2) is 4.98 Å². The summed E-state index contributed by atoms with van der Waals surface area (Å²) in [6, 6.07) is 3.56. The molecule has 0 aliphatic heterocycles. The molecule has 0 atom stereocenters. The maximum atomic E-state index is 12.4. The predicted molar refractivity (Wildman–Crippen MR) is 109 cm³/mol. The van der Waals surface area contributed by atoms with Gasteiger partial charge in [-0.15, -0.1) is 0 Å². The van der Waals surface area contributed by atoms with Crippen molar-refractivity contribution in [2.45, 2.75) is 90.9 Å². The third-order valence-electron chi connectivity index (χ3n) is 5.57. The van der Waals surface area contributed by atoms with Crippen molar-refractivity contribution >= 4 is 5.97 Å². The van der Waals surface area contributed by atoms with Crippen molar-refractivity contribution in [3.8, 4) is 11.6 Å². The van der Waals surface area contributed by atoms with Crippen LogP contribution in [0.2, 0.25) is 0 Å². The van der Waals surface area contributed by atoms with E-state index in [4.69, 9.17) is 9.47 Å². The third kappa shape index (κ3) is 8.32. The van der Waals surface area contributed by atoms with Gasteiger partial charge in [0.15, 0.2) is 0 Å². The van der Waals surface area contributed by atoms with Crippen LogP contribution in [-0.4, -0.2) is 17.6 Å². The first-order valence-corrected chi connectivity index (χ1v) is 11.0. The van der Waals surface area contributed by atoms with Gasteiger partial charge >= 0.3 is 5.97 Å².